The highest BCUT2D eigenvalue weighted by molar-refractivity contribution is 5.66. The van der Waals surface area contributed by atoms with Crippen LogP contribution < -0.4 is 0 Å². The lowest BCUT2D eigenvalue weighted by atomic mass is 9.41. The second-order valence-electron chi connectivity index (χ2n) is 21.7. The first kappa shape index (κ1) is 43.6. The maximum absolute atomic E-state index is 12.2. The predicted molar refractivity (Wildman–Crippen MR) is 203 cm³/mol. The normalized spacial score (nSPS) is 56.1. The average Bonchev–Trinajstić information content (AvgIpc) is 3.49. The van der Waals surface area contributed by atoms with Crippen LogP contribution in [0.25, 0.3) is 0 Å². The van der Waals surface area contributed by atoms with E-state index in [-0.39, 0.29) is 51.9 Å². The minimum atomic E-state index is -1.62. The molecule has 15 nitrogen and oxygen atoms in total. The smallest absolute Gasteiger partial charge is 0.303 e. The van der Waals surface area contributed by atoms with Crippen LogP contribution in [-0.4, -0.2) is 151 Å². The fourth-order valence-electron chi connectivity index (χ4n) is 15.2. The highest BCUT2D eigenvalue weighted by Gasteiger charge is 2.85. The summed E-state index contributed by atoms with van der Waals surface area (Å²) in [6, 6.07) is 0. The fraction of sp³-hybridized carbons (Fsp3) is 0.977. The molecule has 8 fully saturated rings. The molecule has 8 aliphatic rings. The molecule has 5 saturated carbocycles. The summed E-state index contributed by atoms with van der Waals surface area (Å²) in [6.45, 7) is 15.5. The first-order chi connectivity index (χ1) is 26.9. The largest absolute Gasteiger partial charge is 0.457 e. The average molecular weight is 827 g/mol. The van der Waals surface area contributed by atoms with Crippen LogP contribution in [0.2, 0.25) is 0 Å². The Morgan fingerprint density at radius 3 is 2.14 bits per heavy atom. The van der Waals surface area contributed by atoms with Crippen molar-refractivity contribution in [3.63, 3.8) is 0 Å². The van der Waals surface area contributed by atoms with Crippen LogP contribution in [0.5, 0.6) is 0 Å². The topological polar surface area (TPSA) is 234 Å². The van der Waals surface area contributed by atoms with E-state index >= 15 is 0 Å². The van der Waals surface area contributed by atoms with Crippen molar-refractivity contribution in [2.24, 2.45) is 50.7 Å². The van der Waals surface area contributed by atoms with E-state index in [1.54, 1.807) is 0 Å². The van der Waals surface area contributed by atoms with Gasteiger partial charge in [0.2, 0.25) is 0 Å². The first-order valence-corrected chi connectivity index (χ1v) is 21.7. The minimum absolute atomic E-state index is 0.0640. The number of carbonyl (C=O) groups is 1. The summed E-state index contributed by atoms with van der Waals surface area (Å²) in [5.41, 5.74) is -3.20. The van der Waals surface area contributed by atoms with Gasteiger partial charge in [-0.2, -0.15) is 0 Å². The summed E-state index contributed by atoms with van der Waals surface area (Å²) in [7, 11) is 0. The van der Waals surface area contributed by atoms with E-state index < -0.39 is 103 Å². The Morgan fingerprint density at radius 1 is 0.793 bits per heavy atom. The Morgan fingerprint density at radius 2 is 1.50 bits per heavy atom. The predicted octanol–water partition coefficient (Wildman–Crippen LogP) is 1.15. The van der Waals surface area contributed by atoms with Crippen molar-refractivity contribution in [2.45, 2.75) is 192 Å². The summed E-state index contributed by atoms with van der Waals surface area (Å²) >= 11 is 0. The first-order valence-electron chi connectivity index (χ1n) is 21.7. The van der Waals surface area contributed by atoms with Crippen LogP contribution >= 0.6 is 0 Å². The molecule has 2 spiro atoms. The van der Waals surface area contributed by atoms with E-state index in [0.29, 0.717) is 32.3 Å². The van der Waals surface area contributed by atoms with Crippen LogP contribution in [-0.2, 0) is 33.2 Å². The molecule has 58 heavy (non-hydrogen) atoms. The fourth-order valence-corrected chi connectivity index (χ4v) is 15.2. The molecule has 8 N–H and O–H groups in total. The highest BCUT2D eigenvalue weighted by atomic mass is 16.7. The monoisotopic (exact) mass is 826 g/mol. The van der Waals surface area contributed by atoms with Gasteiger partial charge in [-0.05, 0) is 111 Å². The number of hydrogen-bond donors (Lipinski definition) is 8. The number of rotatable bonds is 8. The number of aliphatic hydroxyl groups excluding tert-OH is 7. The van der Waals surface area contributed by atoms with Crippen molar-refractivity contribution in [1.29, 1.82) is 0 Å². The van der Waals surface area contributed by atoms with Gasteiger partial charge in [0.05, 0.1) is 49.3 Å². The lowest BCUT2D eigenvalue weighted by Gasteiger charge is -2.65. The molecule has 0 aromatic carbocycles. The van der Waals surface area contributed by atoms with Crippen molar-refractivity contribution >= 4 is 5.97 Å². The summed E-state index contributed by atoms with van der Waals surface area (Å²) in [4.78, 5) is 11.9. The SMILES string of the molecule is CC(=O)OC1C(O)COC(OC2CCC34CC35CCC3(C)C(C6(C)CC(C(C)(C)O)CO6)C(O)CC3(C)C5CC(OC3OC(CO)C(O)C(O)C3O)C4C2(C)C)C1O. The molecule has 3 aliphatic heterocycles. The van der Waals surface area contributed by atoms with E-state index in [1.165, 1.54) is 6.92 Å². The van der Waals surface area contributed by atoms with Gasteiger partial charge in [-0.15, -0.1) is 0 Å². The number of ether oxygens (including phenoxy) is 6. The second kappa shape index (κ2) is 14.2. The third-order valence-electron chi connectivity index (χ3n) is 18.1. The number of carbonyl (C=O) groups excluding carboxylic acids is 1. The molecule has 3 heterocycles. The van der Waals surface area contributed by atoms with Crippen molar-refractivity contribution in [3.05, 3.63) is 0 Å². The molecule has 8 rings (SSSR count). The molecule has 15 heteroatoms. The van der Waals surface area contributed by atoms with Gasteiger partial charge in [0.15, 0.2) is 18.7 Å². The molecule has 21 atom stereocenters. The number of hydrogen-bond acceptors (Lipinski definition) is 15. The Labute approximate surface area is 341 Å². The van der Waals surface area contributed by atoms with Crippen LogP contribution in [0, 0.1) is 50.7 Å². The van der Waals surface area contributed by atoms with Crippen LogP contribution in [0.3, 0.4) is 0 Å². The van der Waals surface area contributed by atoms with Crippen molar-refractivity contribution in [2.75, 3.05) is 19.8 Å². The molecule has 332 valence electrons. The molecule has 5 aliphatic carbocycles. The van der Waals surface area contributed by atoms with Crippen LogP contribution in [0.15, 0.2) is 0 Å². The van der Waals surface area contributed by atoms with E-state index in [9.17, 15) is 45.6 Å². The quantitative estimate of drug-likeness (QED) is 0.127. The van der Waals surface area contributed by atoms with Gasteiger partial charge < -0.3 is 69.3 Å². The molecular formula is C43H70O15. The molecule has 21 unspecified atom stereocenters. The van der Waals surface area contributed by atoms with E-state index in [4.69, 9.17) is 28.4 Å². The van der Waals surface area contributed by atoms with Gasteiger partial charge >= 0.3 is 5.97 Å². The summed E-state index contributed by atoms with van der Waals surface area (Å²) in [6.07, 6.45) is -8.08. The maximum atomic E-state index is 12.2. The lowest BCUT2D eigenvalue weighted by molar-refractivity contribution is -0.339. The number of esters is 1. The Bertz CT molecular complexity index is 1570. The lowest BCUT2D eigenvalue weighted by Crippen LogP contribution is -2.65. The van der Waals surface area contributed by atoms with Gasteiger partial charge in [-0.25, -0.2) is 0 Å². The van der Waals surface area contributed by atoms with Gasteiger partial charge in [0, 0.05) is 18.8 Å². The highest BCUT2D eigenvalue weighted by Crippen LogP contribution is 2.89. The van der Waals surface area contributed by atoms with Crippen molar-refractivity contribution in [1.82, 2.24) is 0 Å². The molecule has 0 amide bonds. The molecule has 0 bridgehead atoms. The van der Waals surface area contributed by atoms with Crippen molar-refractivity contribution in [3.8, 4) is 0 Å². The maximum Gasteiger partial charge on any atom is 0.303 e. The van der Waals surface area contributed by atoms with Crippen LogP contribution in [0.4, 0.5) is 0 Å². The molecule has 0 radical (unpaired) electrons. The Balaban J connectivity index is 1.14. The minimum Gasteiger partial charge on any atom is -0.457 e. The molecule has 3 saturated heterocycles. The van der Waals surface area contributed by atoms with Gasteiger partial charge in [0.25, 0.3) is 0 Å². The third kappa shape index (κ3) is 6.17. The third-order valence-corrected chi connectivity index (χ3v) is 18.1. The standard InChI is InChI=1S/C43H70O15/c1-20(45)55-32-23(47)18-53-35(31(32)51)58-27-9-10-43-19-42(43)12-11-39(6)33(41(8)14-21(17-54-41)38(4,5)52)22(46)15-40(39,7)26(42)13-24(34(43)37(27,2)3)56-36-30(50)29(49)28(48)25(16-44)57-36/h21-36,44,46-52H,9-19H2,1-8H3. The molecular weight excluding hydrogens is 756 g/mol. The Kier molecular flexibility index (Phi) is 10.7. The summed E-state index contributed by atoms with van der Waals surface area (Å²) in [5, 5.41) is 87.8. The molecule has 0 aromatic rings. The van der Waals surface area contributed by atoms with E-state index in [0.717, 1.165) is 25.7 Å². The number of fused-ring (bicyclic) bond motifs is 2. The van der Waals surface area contributed by atoms with Gasteiger partial charge in [-0.3, -0.25) is 4.79 Å². The zero-order valence-corrected chi connectivity index (χ0v) is 35.5. The summed E-state index contributed by atoms with van der Waals surface area (Å²) in [5.74, 6) is -0.984. The van der Waals surface area contributed by atoms with Gasteiger partial charge in [-0.1, -0.05) is 27.7 Å². The zero-order valence-electron chi connectivity index (χ0n) is 35.5. The molecule has 0 aromatic heterocycles. The number of aliphatic hydroxyl groups is 8. The second-order valence-corrected chi connectivity index (χ2v) is 21.7. The zero-order chi connectivity index (χ0) is 42.3. The van der Waals surface area contributed by atoms with E-state index in [1.807, 2.05) is 13.8 Å². The van der Waals surface area contributed by atoms with E-state index in [2.05, 4.69) is 34.6 Å². The van der Waals surface area contributed by atoms with Crippen molar-refractivity contribution < 1.29 is 74.1 Å². The van der Waals surface area contributed by atoms with Gasteiger partial charge in [0.1, 0.15) is 36.6 Å². The Hall–Kier alpha value is -1.05. The van der Waals surface area contributed by atoms with Crippen LogP contribution in [0.1, 0.15) is 107 Å². The summed E-state index contributed by atoms with van der Waals surface area (Å²) < 4.78 is 37.3.